The molecule has 2 aliphatic rings. The first kappa shape index (κ1) is 24.4. The molecule has 2 heterocycles. The summed E-state index contributed by atoms with van der Waals surface area (Å²) in [6, 6.07) is 8.39. The fraction of sp³-hybridized carbons (Fsp3) is 0.458. The van der Waals surface area contributed by atoms with Crippen molar-refractivity contribution in [2.45, 2.75) is 51.2 Å². The summed E-state index contributed by atoms with van der Waals surface area (Å²) >= 11 is 0. The van der Waals surface area contributed by atoms with Crippen LogP contribution in [0.5, 0.6) is 5.75 Å². The van der Waals surface area contributed by atoms with E-state index >= 15 is 0 Å². The Kier molecular flexibility index (Phi) is 7.10. The van der Waals surface area contributed by atoms with Crippen LogP contribution in [0, 0.1) is 0 Å². The largest absolute Gasteiger partial charge is 0.496 e. The van der Waals surface area contributed by atoms with E-state index in [1.165, 1.54) is 24.3 Å². The molecule has 0 bridgehead atoms. The average Bonchev–Trinajstić information content (AvgIpc) is 3.21. The van der Waals surface area contributed by atoms with Crippen molar-refractivity contribution in [2.75, 3.05) is 25.5 Å². The Morgan fingerprint density at radius 3 is 2.59 bits per heavy atom. The van der Waals surface area contributed by atoms with E-state index in [9.17, 15) is 18.0 Å². The van der Waals surface area contributed by atoms with Gasteiger partial charge in [-0.1, -0.05) is 19.9 Å². The Morgan fingerprint density at radius 1 is 1.19 bits per heavy atom. The van der Waals surface area contributed by atoms with Crippen molar-refractivity contribution >= 4 is 24.0 Å². The molecule has 8 heteroatoms. The van der Waals surface area contributed by atoms with Crippen LogP contribution >= 0.6 is 12.4 Å². The van der Waals surface area contributed by atoms with Crippen LogP contribution in [-0.2, 0) is 12.6 Å². The van der Waals surface area contributed by atoms with Crippen molar-refractivity contribution in [2.24, 2.45) is 0 Å². The Labute approximate surface area is 192 Å². The molecule has 174 valence electrons. The minimum Gasteiger partial charge on any atom is -0.496 e. The highest BCUT2D eigenvalue weighted by Crippen LogP contribution is 2.40. The van der Waals surface area contributed by atoms with Crippen LogP contribution in [0.25, 0.3) is 0 Å². The number of carbonyl (C=O) groups is 1. The van der Waals surface area contributed by atoms with Crippen LogP contribution in [0.2, 0.25) is 0 Å². The highest BCUT2D eigenvalue weighted by atomic mass is 35.5. The number of halogens is 4. The molecule has 2 aliphatic heterocycles. The van der Waals surface area contributed by atoms with E-state index in [1.807, 2.05) is 18.2 Å². The third-order valence-electron chi connectivity index (χ3n) is 6.34. The summed E-state index contributed by atoms with van der Waals surface area (Å²) in [5.41, 5.74) is 2.25. The molecule has 1 unspecified atom stereocenters. The van der Waals surface area contributed by atoms with Gasteiger partial charge in [0.25, 0.3) is 5.91 Å². The molecule has 2 aromatic rings. The topological polar surface area (TPSA) is 41.6 Å². The minimum atomic E-state index is -4.56. The summed E-state index contributed by atoms with van der Waals surface area (Å²) in [6.45, 7) is 5.50. The number of methoxy groups -OCH3 is 1. The Balaban J connectivity index is 0.00000289. The standard InChI is InChI=1S/C24H27F3N2O2.ClH/c1-14(2)17-13-22(31-3)19(12-20(17)24(25,26)27)23(30)28-16-7-6-15-8-10-29-9-4-5-21(29)18(15)11-16;/h6-7,11-14,21H,4-5,8-10H2,1-3H3,(H,28,30);1H. The zero-order valence-electron chi connectivity index (χ0n) is 18.4. The molecule has 1 atom stereocenters. The SMILES string of the molecule is COc1cc(C(C)C)c(C(F)(F)F)cc1C(=O)Nc1ccc2c(c1)C1CCCN1CC2.Cl. The van der Waals surface area contributed by atoms with Gasteiger partial charge in [-0.15, -0.1) is 12.4 Å². The fourth-order valence-electron chi connectivity index (χ4n) is 4.78. The molecular formula is C24H28ClF3N2O2. The molecule has 2 aromatic carbocycles. The van der Waals surface area contributed by atoms with Gasteiger partial charge in [-0.3, -0.25) is 9.69 Å². The number of ether oxygens (including phenoxy) is 1. The number of hydrogen-bond donors (Lipinski definition) is 1. The van der Waals surface area contributed by atoms with Crippen LogP contribution in [0.15, 0.2) is 30.3 Å². The summed E-state index contributed by atoms with van der Waals surface area (Å²) in [6.07, 6.45) is -1.34. The molecule has 4 rings (SSSR count). The lowest BCUT2D eigenvalue weighted by molar-refractivity contribution is -0.138. The summed E-state index contributed by atoms with van der Waals surface area (Å²) in [7, 11) is 1.36. The first-order chi connectivity index (χ1) is 14.7. The van der Waals surface area contributed by atoms with Gasteiger partial charge in [-0.25, -0.2) is 0 Å². The normalized spacial score (nSPS) is 18.0. The van der Waals surface area contributed by atoms with Crippen molar-refractivity contribution in [1.29, 1.82) is 0 Å². The van der Waals surface area contributed by atoms with Crippen molar-refractivity contribution in [3.8, 4) is 5.75 Å². The lowest BCUT2D eigenvalue weighted by atomic mass is 9.92. The number of anilines is 1. The molecule has 0 spiro atoms. The molecule has 0 radical (unpaired) electrons. The number of carbonyl (C=O) groups excluding carboxylic acids is 1. The molecule has 1 amide bonds. The maximum Gasteiger partial charge on any atom is 0.416 e. The van der Waals surface area contributed by atoms with E-state index in [0.717, 1.165) is 38.4 Å². The van der Waals surface area contributed by atoms with Crippen LogP contribution in [0.4, 0.5) is 18.9 Å². The van der Waals surface area contributed by atoms with Crippen molar-refractivity contribution in [1.82, 2.24) is 4.90 Å². The molecule has 0 aliphatic carbocycles. The van der Waals surface area contributed by atoms with Gasteiger partial charge in [0.15, 0.2) is 0 Å². The molecule has 32 heavy (non-hydrogen) atoms. The van der Waals surface area contributed by atoms with Gasteiger partial charge >= 0.3 is 6.18 Å². The summed E-state index contributed by atoms with van der Waals surface area (Å²) in [5.74, 6) is -0.844. The van der Waals surface area contributed by atoms with Crippen LogP contribution < -0.4 is 10.1 Å². The summed E-state index contributed by atoms with van der Waals surface area (Å²) in [5, 5.41) is 2.79. The number of amides is 1. The quantitative estimate of drug-likeness (QED) is 0.580. The molecule has 0 aromatic heterocycles. The molecular weight excluding hydrogens is 441 g/mol. The minimum absolute atomic E-state index is 0. The van der Waals surface area contributed by atoms with E-state index in [4.69, 9.17) is 4.74 Å². The van der Waals surface area contributed by atoms with E-state index in [0.29, 0.717) is 11.7 Å². The number of nitrogens with zero attached hydrogens (tertiary/aromatic N) is 1. The number of rotatable bonds is 4. The summed E-state index contributed by atoms with van der Waals surface area (Å²) in [4.78, 5) is 15.4. The van der Waals surface area contributed by atoms with Gasteiger partial charge < -0.3 is 10.1 Å². The molecule has 1 N–H and O–H groups in total. The monoisotopic (exact) mass is 468 g/mol. The van der Waals surface area contributed by atoms with Gasteiger partial charge in [0.2, 0.25) is 0 Å². The first-order valence-electron chi connectivity index (χ1n) is 10.7. The molecule has 1 fully saturated rings. The van der Waals surface area contributed by atoms with E-state index in [2.05, 4.69) is 10.2 Å². The van der Waals surface area contributed by atoms with Gasteiger partial charge in [0, 0.05) is 18.3 Å². The number of hydrogen-bond acceptors (Lipinski definition) is 3. The van der Waals surface area contributed by atoms with E-state index < -0.39 is 17.6 Å². The molecule has 0 saturated carbocycles. The van der Waals surface area contributed by atoms with E-state index in [-0.39, 0.29) is 35.2 Å². The van der Waals surface area contributed by atoms with Gasteiger partial charge in [-0.2, -0.15) is 13.2 Å². The number of benzene rings is 2. The zero-order valence-corrected chi connectivity index (χ0v) is 19.2. The number of fused-ring (bicyclic) bond motifs is 3. The summed E-state index contributed by atoms with van der Waals surface area (Å²) < 4.78 is 46.2. The molecule has 1 saturated heterocycles. The Hall–Kier alpha value is -2.25. The van der Waals surface area contributed by atoms with Crippen LogP contribution in [0.1, 0.15) is 71.3 Å². The van der Waals surface area contributed by atoms with Crippen LogP contribution in [-0.4, -0.2) is 31.0 Å². The number of alkyl halides is 3. The Bertz CT molecular complexity index is 1010. The van der Waals surface area contributed by atoms with Crippen LogP contribution in [0.3, 0.4) is 0 Å². The second kappa shape index (κ2) is 9.32. The highest BCUT2D eigenvalue weighted by molar-refractivity contribution is 6.06. The predicted molar refractivity (Wildman–Crippen MR) is 121 cm³/mol. The fourth-order valence-corrected chi connectivity index (χ4v) is 4.78. The van der Waals surface area contributed by atoms with Gasteiger partial charge in [0.05, 0.1) is 18.2 Å². The Morgan fingerprint density at radius 2 is 1.94 bits per heavy atom. The van der Waals surface area contributed by atoms with Crippen molar-refractivity contribution in [3.05, 3.63) is 58.1 Å². The first-order valence-corrected chi connectivity index (χ1v) is 10.7. The van der Waals surface area contributed by atoms with Gasteiger partial charge in [0.1, 0.15) is 5.75 Å². The third-order valence-corrected chi connectivity index (χ3v) is 6.34. The highest BCUT2D eigenvalue weighted by Gasteiger charge is 2.36. The van der Waals surface area contributed by atoms with Crippen molar-refractivity contribution < 1.29 is 22.7 Å². The maximum absolute atomic E-state index is 13.7. The average molecular weight is 469 g/mol. The molecule has 4 nitrogen and oxygen atoms in total. The third kappa shape index (κ3) is 4.59. The maximum atomic E-state index is 13.7. The smallest absolute Gasteiger partial charge is 0.416 e. The zero-order chi connectivity index (χ0) is 22.3. The lowest BCUT2D eigenvalue weighted by Gasteiger charge is -2.32. The van der Waals surface area contributed by atoms with E-state index in [1.54, 1.807) is 13.8 Å². The second-order valence-corrected chi connectivity index (χ2v) is 8.60. The van der Waals surface area contributed by atoms with Gasteiger partial charge in [-0.05, 0) is 72.7 Å². The number of nitrogens with one attached hydrogen (secondary N) is 1. The van der Waals surface area contributed by atoms with Crippen molar-refractivity contribution in [3.63, 3.8) is 0 Å². The second-order valence-electron chi connectivity index (χ2n) is 8.60. The lowest BCUT2D eigenvalue weighted by Crippen LogP contribution is -2.31. The predicted octanol–water partition coefficient (Wildman–Crippen LogP) is 6.20.